The van der Waals surface area contributed by atoms with Crippen LogP contribution in [-0.2, 0) is 14.3 Å². The van der Waals surface area contributed by atoms with Crippen LogP contribution in [0.5, 0.6) is 0 Å². The van der Waals surface area contributed by atoms with Gasteiger partial charge in [-0.05, 0) is 81.0 Å². The molecule has 2 atom stereocenters. The number of methoxy groups -OCH3 is 1. The van der Waals surface area contributed by atoms with Crippen LogP contribution in [0, 0.1) is 35.5 Å². The summed E-state index contributed by atoms with van der Waals surface area (Å²) in [5.74, 6) is 3.48. The van der Waals surface area contributed by atoms with E-state index in [1.165, 1.54) is 77.7 Å². The van der Waals surface area contributed by atoms with Crippen molar-refractivity contribution in [3.63, 3.8) is 0 Å². The maximum absolute atomic E-state index is 12.4. The average Bonchev–Trinajstić information content (AvgIpc) is 2.72. The van der Waals surface area contributed by atoms with Crippen LogP contribution < -0.4 is 0 Å². The zero-order valence-corrected chi connectivity index (χ0v) is 17.6. The fraction of sp³-hybridized carbons (Fsp3) is 0.917. The van der Waals surface area contributed by atoms with Gasteiger partial charge in [0.05, 0.1) is 7.11 Å². The molecular formula is C24H40O3. The summed E-state index contributed by atoms with van der Waals surface area (Å²) in [5.41, 5.74) is 0. The number of unbranched alkanes of at least 4 members (excludes halogenated alkanes) is 1. The van der Waals surface area contributed by atoms with E-state index >= 15 is 0 Å². The number of Topliss-reactive ketones (excluding diaryl/α,β-unsaturated/α-hetero) is 1. The molecule has 2 unspecified atom stereocenters. The quantitative estimate of drug-likeness (QED) is 0.425. The zero-order valence-electron chi connectivity index (χ0n) is 17.6. The summed E-state index contributed by atoms with van der Waals surface area (Å²) in [5, 5.41) is 0. The minimum absolute atomic E-state index is 0.130. The van der Waals surface area contributed by atoms with E-state index in [1.54, 1.807) is 0 Å². The van der Waals surface area contributed by atoms with Crippen LogP contribution >= 0.6 is 0 Å². The third-order valence-electron chi connectivity index (χ3n) is 8.17. The summed E-state index contributed by atoms with van der Waals surface area (Å²) in [7, 11) is 1.39. The minimum atomic E-state index is -0.481. The van der Waals surface area contributed by atoms with Gasteiger partial charge in [0, 0.05) is 6.42 Å². The van der Waals surface area contributed by atoms with Crippen molar-refractivity contribution in [1.29, 1.82) is 0 Å². The largest absolute Gasteiger partial charge is 0.468 e. The van der Waals surface area contributed by atoms with Crippen molar-refractivity contribution >= 4 is 11.8 Å². The van der Waals surface area contributed by atoms with E-state index in [0.29, 0.717) is 24.7 Å². The number of hydrogen-bond donors (Lipinski definition) is 0. The highest BCUT2D eigenvalue weighted by molar-refractivity contribution is 5.99. The lowest BCUT2D eigenvalue weighted by molar-refractivity contribution is -0.151. The van der Waals surface area contributed by atoms with E-state index in [1.807, 2.05) is 0 Å². The second-order valence-corrected chi connectivity index (χ2v) is 9.68. The maximum Gasteiger partial charge on any atom is 0.316 e. The van der Waals surface area contributed by atoms with Gasteiger partial charge in [-0.2, -0.15) is 0 Å². The van der Waals surface area contributed by atoms with Gasteiger partial charge >= 0.3 is 5.97 Å². The predicted molar refractivity (Wildman–Crippen MR) is 108 cm³/mol. The molecule has 3 heteroatoms. The summed E-state index contributed by atoms with van der Waals surface area (Å²) < 4.78 is 4.79. The van der Waals surface area contributed by atoms with Crippen LogP contribution in [-0.4, -0.2) is 18.9 Å². The highest BCUT2D eigenvalue weighted by atomic mass is 16.5. The number of carbonyl (C=O) groups is 2. The summed E-state index contributed by atoms with van der Waals surface area (Å²) in [4.78, 5) is 24.1. The van der Waals surface area contributed by atoms with Crippen LogP contribution in [0.3, 0.4) is 0 Å². The number of rotatable bonds is 6. The molecule has 0 heterocycles. The fourth-order valence-corrected chi connectivity index (χ4v) is 6.37. The summed E-state index contributed by atoms with van der Waals surface area (Å²) >= 11 is 0. The Labute approximate surface area is 166 Å². The summed E-state index contributed by atoms with van der Waals surface area (Å²) in [6.07, 6.45) is 17.8. The Kier molecular flexibility index (Phi) is 7.78. The van der Waals surface area contributed by atoms with E-state index in [2.05, 4.69) is 6.92 Å². The van der Waals surface area contributed by atoms with E-state index in [4.69, 9.17) is 4.74 Å². The van der Waals surface area contributed by atoms with Crippen LogP contribution in [0.4, 0.5) is 0 Å². The van der Waals surface area contributed by atoms with E-state index in [0.717, 1.165) is 24.2 Å². The Balaban J connectivity index is 1.40. The Hall–Kier alpha value is -0.860. The molecule has 0 aromatic rings. The smallest absolute Gasteiger partial charge is 0.316 e. The Morgan fingerprint density at radius 1 is 0.852 bits per heavy atom. The van der Waals surface area contributed by atoms with Crippen LogP contribution in [0.25, 0.3) is 0 Å². The van der Waals surface area contributed by atoms with Gasteiger partial charge in [0.1, 0.15) is 11.7 Å². The third kappa shape index (κ3) is 5.35. The molecule has 27 heavy (non-hydrogen) atoms. The lowest BCUT2D eigenvalue weighted by Crippen LogP contribution is -2.36. The number of ketones is 1. The molecule has 3 aliphatic carbocycles. The average molecular weight is 377 g/mol. The molecule has 3 rings (SSSR count). The zero-order chi connectivity index (χ0) is 19.2. The molecule has 3 nitrogen and oxygen atoms in total. The van der Waals surface area contributed by atoms with Gasteiger partial charge in [0.25, 0.3) is 0 Å². The number of ether oxygens (including phenoxy) is 1. The standard InChI is InChI=1S/C24H40O3/c1-3-4-5-17-6-8-18(9-7-17)19-10-12-20(13-11-19)21-14-15-22(23(25)16-21)24(26)27-2/h17-22H,3-16H2,1-2H3/t17-,18-,19?,20?,21?,22?. The second-order valence-electron chi connectivity index (χ2n) is 9.68. The predicted octanol–water partition coefficient (Wildman–Crippen LogP) is 5.95. The van der Waals surface area contributed by atoms with Crippen LogP contribution in [0.15, 0.2) is 0 Å². The van der Waals surface area contributed by atoms with Crippen molar-refractivity contribution in [3.8, 4) is 0 Å². The lowest BCUT2D eigenvalue weighted by Gasteiger charge is -2.41. The van der Waals surface area contributed by atoms with Crippen molar-refractivity contribution in [2.75, 3.05) is 7.11 Å². The van der Waals surface area contributed by atoms with Gasteiger partial charge in [0.2, 0.25) is 0 Å². The van der Waals surface area contributed by atoms with Crippen molar-refractivity contribution in [2.45, 2.75) is 96.8 Å². The first-order valence-corrected chi connectivity index (χ1v) is 11.7. The highest BCUT2D eigenvalue weighted by Crippen LogP contribution is 2.45. The molecule has 0 aromatic carbocycles. The molecule has 0 N–H and O–H groups in total. The Bertz CT molecular complexity index is 484. The molecule has 3 saturated carbocycles. The molecule has 0 bridgehead atoms. The van der Waals surface area contributed by atoms with Gasteiger partial charge in [-0.3, -0.25) is 9.59 Å². The normalized spacial score (nSPS) is 37.8. The summed E-state index contributed by atoms with van der Waals surface area (Å²) in [6.45, 7) is 2.31. The molecule has 3 fully saturated rings. The number of carbonyl (C=O) groups excluding carboxylic acids is 2. The van der Waals surface area contributed by atoms with Crippen molar-refractivity contribution in [2.24, 2.45) is 35.5 Å². The highest BCUT2D eigenvalue weighted by Gasteiger charge is 2.39. The van der Waals surface area contributed by atoms with Crippen molar-refractivity contribution in [1.82, 2.24) is 0 Å². The molecule has 154 valence electrons. The van der Waals surface area contributed by atoms with Crippen molar-refractivity contribution in [3.05, 3.63) is 0 Å². The van der Waals surface area contributed by atoms with E-state index in [-0.39, 0.29) is 11.8 Å². The molecule has 0 radical (unpaired) electrons. The first-order chi connectivity index (χ1) is 13.1. The third-order valence-corrected chi connectivity index (χ3v) is 8.17. The Morgan fingerprint density at radius 3 is 1.89 bits per heavy atom. The molecule has 0 saturated heterocycles. The van der Waals surface area contributed by atoms with Crippen LogP contribution in [0.1, 0.15) is 96.8 Å². The van der Waals surface area contributed by atoms with Gasteiger partial charge in [-0.15, -0.1) is 0 Å². The van der Waals surface area contributed by atoms with Crippen LogP contribution in [0.2, 0.25) is 0 Å². The Morgan fingerprint density at radius 2 is 1.37 bits per heavy atom. The van der Waals surface area contributed by atoms with E-state index < -0.39 is 5.92 Å². The summed E-state index contributed by atoms with van der Waals surface area (Å²) in [6, 6.07) is 0. The minimum Gasteiger partial charge on any atom is -0.468 e. The second kappa shape index (κ2) is 10.1. The van der Waals surface area contributed by atoms with Gasteiger partial charge < -0.3 is 4.74 Å². The lowest BCUT2D eigenvalue weighted by atomic mass is 9.64. The topological polar surface area (TPSA) is 43.4 Å². The fourth-order valence-electron chi connectivity index (χ4n) is 6.37. The molecule has 0 aliphatic heterocycles. The molecule has 0 aromatic heterocycles. The van der Waals surface area contributed by atoms with E-state index in [9.17, 15) is 9.59 Å². The molecular weight excluding hydrogens is 336 g/mol. The van der Waals surface area contributed by atoms with Crippen molar-refractivity contribution < 1.29 is 14.3 Å². The first-order valence-electron chi connectivity index (χ1n) is 11.7. The SMILES string of the molecule is CCCC[C@H]1CC[C@H](C2CCC(C3CCC(C(=O)OC)C(=O)C3)CC2)CC1. The first kappa shape index (κ1) is 20.9. The molecule has 3 aliphatic rings. The number of esters is 1. The maximum atomic E-state index is 12.4. The monoisotopic (exact) mass is 376 g/mol. The van der Waals surface area contributed by atoms with Gasteiger partial charge in [-0.1, -0.05) is 39.0 Å². The number of hydrogen-bond acceptors (Lipinski definition) is 3. The van der Waals surface area contributed by atoms with Gasteiger partial charge in [-0.25, -0.2) is 0 Å². The molecule has 0 amide bonds. The van der Waals surface area contributed by atoms with Gasteiger partial charge in [0.15, 0.2) is 0 Å². The molecule has 0 spiro atoms.